The van der Waals surface area contributed by atoms with E-state index in [4.69, 9.17) is 15.5 Å². The predicted molar refractivity (Wildman–Crippen MR) is 161 cm³/mol. The molecule has 2 saturated heterocycles. The van der Waals surface area contributed by atoms with Crippen molar-refractivity contribution in [1.29, 1.82) is 0 Å². The summed E-state index contributed by atoms with van der Waals surface area (Å²) in [7, 11) is 0. The number of nitrogens with two attached hydrogens (primary N) is 1. The summed E-state index contributed by atoms with van der Waals surface area (Å²) in [6, 6.07) is 11.1. The van der Waals surface area contributed by atoms with E-state index in [9.17, 15) is 14.4 Å². The van der Waals surface area contributed by atoms with Crippen LogP contribution in [-0.4, -0.2) is 80.8 Å². The zero-order valence-corrected chi connectivity index (χ0v) is 24.5. The summed E-state index contributed by atoms with van der Waals surface area (Å²) in [5.74, 6) is -0.941. The third kappa shape index (κ3) is 5.53. The van der Waals surface area contributed by atoms with Gasteiger partial charge in [-0.15, -0.1) is 11.3 Å². The maximum atomic E-state index is 13.6. The number of ether oxygens (including phenoxy) is 1. The van der Waals surface area contributed by atoms with E-state index in [1.54, 1.807) is 46.3 Å². The van der Waals surface area contributed by atoms with Gasteiger partial charge in [-0.05, 0) is 61.9 Å². The summed E-state index contributed by atoms with van der Waals surface area (Å²) < 4.78 is 7.16. The van der Waals surface area contributed by atoms with Crippen molar-refractivity contribution >= 4 is 39.8 Å². The van der Waals surface area contributed by atoms with Crippen molar-refractivity contribution in [2.24, 2.45) is 5.73 Å². The lowest BCUT2D eigenvalue weighted by Crippen LogP contribution is -2.45. The highest BCUT2D eigenvalue weighted by Gasteiger charge is 2.33. The monoisotopic (exact) mass is 599 g/mol. The van der Waals surface area contributed by atoms with Crippen LogP contribution in [0.1, 0.15) is 72.6 Å². The van der Waals surface area contributed by atoms with Gasteiger partial charge in [-0.1, -0.05) is 12.1 Å². The van der Waals surface area contributed by atoms with E-state index in [0.717, 1.165) is 69.7 Å². The maximum absolute atomic E-state index is 13.6. The third-order valence-electron chi connectivity index (χ3n) is 8.70. The molecule has 1 aromatic carbocycles. The second-order valence-electron chi connectivity index (χ2n) is 11.3. The van der Waals surface area contributed by atoms with Crippen molar-refractivity contribution in [3.8, 4) is 0 Å². The van der Waals surface area contributed by atoms with Crippen LogP contribution in [0.5, 0.6) is 0 Å². The minimum Gasteiger partial charge on any atom is -0.379 e. The fourth-order valence-corrected chi connectivity index (χ4v) is 7.54. The van der Waals surface area contributed by atoms with Crippen molar-refractivity contribution in [2.45, 2.75) is 44.2 Å². The standard InChI is InChI=1S/C31H33N7O4S/c32-28(39)21-6-9-27-33-24(18-37(27)17-21)30(41)38-10-2-5-25(38)19-3-1-4-20(15-19)29(40)35-31-34-23-8-7-22(16-26(23)43-31)36-11-13-42-14-12-36/h1,3-4,6,9,15,17-18,22,25H,2,5,7-8,10-14,16H2,(H2,32,39)(H,34,35,40). The number of thiazole rings is 1. The summed E-state index contributed by atoms with van der Waals surface area (Å²) in [5.41, 5.74) is 9.13. The average Bonchev–Trinajstić information content (AvgIpc) is 3.78. The van der Waals surface area contributed by atoms with Gasteiger partial charge in [0.2, 0.25) is 5.91 Å². The fraction of sp³-hybridized carbons (Fsp3) is 0.387. The van der Waals surface area contributed by atoms with Gasteiger partial charge < -0.3 is 19.8 Å². The molecule has 3 N–H and O–H groups in total. The molecule has 5 heterocycles. The van der Waals surface area contributed by atoms with Gasteiger partial charge in [0, 0.05) is 48.5 Å². The Balaban J connectivity index is 1.04. The van der Waals surface area contributed by atoms with Crippen LogP contribution in [-0.2, 0) is 17.6 Å². The van der Waals surface area contributed by atoms with Gasteiger partial charge in [0.25, 0.3) is 11.8 Å². The first-order valence-electron chi connectivity index (χ1n) is 14.7. The molecule has 0 saturated carbocycles. The molecule has 1 aliphatic carbocycles. The first-order valence-corrected chi connectivity index (χ1v) is 15.6. The highest BCUT2D eigenvalue weighted by molar-refractivity contribution is 7.15. The van der Waals surface area contributed by atoms with Crippen LogP contribution in [0, 0.1) is 0 Å². The fourth-order valence-electron chi connectivity index (χ4n) is 6.47. The topological polar surface area (TPSA) is 135 Å². The number of pyridine rings is 1. The minimum absolute atomic E-state index is 0.171. The van der Waals surface area contributed by atoms with Crippen LogP contribution >= 0.6 is 11.3 Å². The number of nitrogens with zero attached hydrogens (tertiary/aromatic N) is 5. The number of amides is 3. The zero-order chi connectivity index (χ0) is 29.5. The molecule has 7 rings (SSSR count). The molecule has 43 heavy (non-hydrogen) atoms. The van der Waals surface area contributed by atoms with Crippen molar-refractivity contribution < 1.29 is 19.1 Å². The third-order valence-corrected chi connectivity index (χ3v) is 9.73. The lowest BCUT2D eigenvalue weighted by molar-refractivity contribution is 0.0139. The molecule has 0 bridgehead atoms. The molecule has 0 radical (unpaired) electrons. The number of carbonyl (C=O) groups is 3. The van der Waals surface area contributed by atoms with Crippen molar-refractivity contribution in [3.05, 3.63) is 81.7 Å². The molecule has 3 aromatic heterocycles. The number of hydrogen-bond acceptors (Lipinski definition) is 8. The number of hydrogen-bond donors (Lipinski definition) is 2. The number of likely N-dealkylation sites (tertiary alicyclic amines) is 1. The van der Waals surface area contributed by atoms with Gasteiger partial charge in [-0.3, -0.25) is 24.6 Å². The summed E-state index contributed by atoms with van der Waals surface area (Å²) in [5, 5.41) is 3.65. The Morgan fingerprint density at radius 2 is 1.86 bits per heavy atom. The second-order valence-corrected chi connectivity index (χ2v) is 12.4. The lowest BCUT2D eigenvalue weighted by atomic mass is 9.96. The minimum atomic E-state index is -0.543. The van der Waals surface area contributed by atoms with Gasteiger partial charge in [0.15, 0.2) is 5.13 Å². The Labute approximate surface area is 252 Å². The van der Waals surface area contributed by atoms with E-state index in [2.05, 4.69) is 15.2 Å². The molecule has 3 amide bonds. The van der Waals surface area contributed by atoms with E-state index in [1.807, 2.05) is 23.1 Å². The van der Waals surface area contributed by atoms with Gasteiger partial charge in [0.1, 0.15) is 11.3 Å². The number of nitrogens with one attached hydrogen (secondary N) is 1. The molecule has 2 aliphatic heterocycles. The van der Waals surface area contributed by atoms with Crippen molar-refractivity contribution in [2.75, 3.05) is 38.2 Å². The number of anilines is 1. The van der Waals surface area contributed by atoms with Crippen molar-refractivity contribution in [3.63, 3.8) is 0 Å². The number of fused-ring (bicyclic) bond motifs is 2. The molecule has 2 unspecified atom stereocenters. The summed E-state index contributed by atoms with van der Waals surface area (Å²) in [6.45, 7) is 4.12. The first kappa shape index (κ1) is 27.7. The SMILES string of the molecule is NC(=O)c1ccc2nc(C(=O)N3CCCC3c3cccc(C(=O)Nc4nc5c(s4)CC(N4CCOCC4)CC5)c3)cn2c1. The molecule has 11 nitrogen and oxygen atoms in total. The van der Waals surface area contributed by atoms with E-state index in [1.165, 1.54) is 4.88 Å². The summed E-state index contributed by atoms with van der Waals surface area (Å²) in [4.78, 5) is 53.3. The molecule has 0 spiro atoms. The van der Waals surface area contributed by atoms with Crippen molar-refractivity contribution in [1.82, 2.24) is 24.2 Å². The molecule has 3 aliphatic rings. The zero-order valence-electron chi connectivity index (χ0n) is 23.7. The molecule has 4 aromatic rings. The predicted octanol–water partition coefficient (Wildman–Crippen LogP) is 3.31. The smallest absolute Gasteiger partial charge is 0.274 e. The van der Waals surface area contributed by atoms with Gasteiger partial charge in [-0.2, -0.15) is 0 Å². The Kier molecular flexibility index (Phi) is 7.41. The second kappa shape index (κ2) is 11.5. The van der Waals surface area contributed by atoms with Crippen LogP contribution < -0.4 is 11.1 Å². The number of morpholine rings is 1. The van der Waals surface area contributed by atoms with Crippen LogP contribution in [0.15, 0.2) is 48.8 Å². The highest BCUT2D eigenvalue weighted by Crippen LogP contribution is 2.35. The van der Waals surface area contributed by atoms with Crippen LogP contribution in [0.3, 0.4) is 0 Å². The molecule has 2 atom stereocenters. The number of imidazole rings is 1. The number of rotatable bonds is 6. The maximum Gasteiger partial charge on any atom is 0.274 e. The largest absolute Gasteiger partial charge is 0.379 e. The number of aromatic nitrogens is 3. The number of benzene rings is 1. The molecular weight excluding hydrogens is 566 g/mol. The summed E-state index contributed by atoms with van der Waals surface area (Å²) in [6.07, 6.45) is 7.80. The van der Waals surface area contributed by atoms with Crippen LogP contribution in [0.2, 0.25) is 0 Å². The Morgan fingerprint density at radius 1 is 1.00 bits per heavy atom. The first-order chi connectivity index (χ1) is 20.9. The van der Waals surface area contributed by atoms with E-state index >= 15 is 0 Å². The van der Waals surface area contributed by atoms with Gasteiger partial charge >= 0.3 is 0 Å². The van der Waals surface area contributed by atoms with E-state index in [-0.39, 0.29) is 17.9 Å². The number of aryl methyl sites for hydroxylation is 1. The molecule has 222 valence electrons. The Hall–Kier alpha value is -4.13. The number of carbonyl (C=O) groups excluding carboxylic acids is 3. The molecule has 12 heteroatoms. The average molecular weight is 600 g/mol. The Morgan fingerprint density at radius 3 is 2.70 bits per heavy atom. The van der Waals surface area contributed by atoms with E-state index < -0.39 is 5.91 Å². The van der Waals surface area contributed by atoms with Gasteiger partial charge in [-0.25, -0.2) is 9.97 Å². The van der Waals surface area contributed by atoms with Gasteiger partial charge in [0.05, 0.1) is 30.5 Å². The highest BCUT2D eigenvalue weighted by atomic mass is 32.1. The quantitative estimate of drug-likeness (QED) is 0.347. The van der Waals surface area contributed by atoms with Crippen LogP contribution in [0.4, 0.5) is 5.13 Å². The summed E-state index contributed by atoms with van der Waals surface area (Å²) >= 11 is 1.57. The van der Waals surface area contributed by atoms with Crippen LogP contribution in [0.25, 0.3) is 5.65 Å². The number of primary amides is 1. The Bertz CT molecular complexity index is 1710. The van der Waals surface area contributed by atoms with E-state index in [0.29, 0.717) is 40.2 Å². The lowest BCUT2D eigenvalue weighted by Gasteiger charge is -2.36. The normalized spacial score (nSPS) is 20.7. The molecule has 2 fully saturated rings. The molecular formula is C31H33N7O4S.